The highest BCUT2D eigenvalue weighted by molar-refractivity contribution is 5.94. The quantitative estimate of drug-likeness (QED) is 0.457. The van der Waals surface area contributed by atoms with Gasteiger partial charge in [-0.3, -0.25) is 10.1 Å². The maximum absolute atomic E-state index is 11.7. The van der Waals surface area contributed by atoms with Crippen molar-refractivity contribution in [1.29, 1.82) is 0 Å². The minimum atomic E-state index is -0.638. The first-order valence-corrected chi connectivity index (χ1v) is 4.99. The van der Waals surface area contributed by atoms with Gasteiger partial charge >= 0.3 is 11.7 Å². The number of methoxy groups -OCH3 is 1. The Labute approximate surface area is 98.3 Å². The van der Waals surface area contributed by atoms with E-state index in [1.54, 1.807) is 13.8 Å². The normalized spacial score (nSPS) is 10.1. The van der Waals surface area contributed by atoms with E-state index in [2.05, 4.69) is 0 Å². The van der Waals surface area contributed by atoms with Crippen LogP contribution in [0, 0.1) is 10.1 Å². The average molecular weight is 239 g/mol. The van der Waals surface area contributed by atoms with Crippen molar-refractivity contribution in [3.05, 3.63) is 33.9 Å². The fraction of sp³-hybridized carbons (Fsp3) is 0.364. The SMILES string of the molecule is COc1c(C(=O)OC(C)C)cccc1[N+](=O)[O-]. The van der Waals surface area contributed by atoms with Crippen LogP contribution >= 0.6 is 0 Å². The number of hydrogen-bond donors (Lipinski definition) is 0. The molecule has 0 fully saturated rings. The number of ether oxygens (including phenoxy) is 2. The van der Waals surface area contributed by atoms with Gasteiger partial charge in [-0.15, -0.1) is 0 Å². The first-order chi connectivity index (χ1) is 7.97. The van der Waals surface area contributed by atoms with E-state index < -0.39 is 10.9 Å². The number of rotatable bonds is 4. The molecule has 0 amide bonds. The number of nitro groups is 1. The molecule has 0 spiro atoms. The first kappa shape index (κ1) is 13.0. The van der Waals surface area contributed by atoms with Crippen LogP contribution in [0.15, 0.2) is 18.2 Å². The Hall–Kier alpha value is -2.11. The fourth-order valence-electron chi connectivity index (χ4n) is 1.32. The van der Waals surface area contributed by atoms with Gasteiger partial charge in [0.25, 0.3) is 0 Å². The van der Waals surface area contributed by atoms with Crippen molar-refractivity contribution < 1.29 is 19.2 Å². The van der Waals surface area contributed by atoms with E-state index >= 15 is 0 Å². The molecule has 1 aromatic carbocycles. The van der Waals surface area contributed by atoms with Crippen molar-refractivity contribution in [3.63, 3.8) is 0 Å². The monoisotopic (exact) mass is 239 g/mol. The summed E-state index contributed by atoms with van der Waals surface area (Å²) in [5.74, 6) is -0.719. The summed E-state index contributed by atoms with van der Waals surface area (Å²) in [4.78, 5) is 21.8. The topological polar surface area (TPSA) is 78.7 Å². The fourth-order valence-corrected chi connectivity index (χ4v) is 1.32. The minimum absolute atomic E-state index is 0.0513. The van der Waals surface area contributed by atoms with Gasteiger partial charge in [0.15, 0.2) is 0 Å². The molecule has 1 rings (SSSR count). The lowest BCUT2D eigenvalue weighted by atomic mass is 10.1. The number of nitrogens with zero attached hydrogens (tertiary/aromatic N) is 1. The van der Waals surface area contributed by atoms with E-state index in [1.165, 1.54) is 25.3 Å². The molecule has 0 radical (unpaired) electrons. The van der Waals surface area contributed by atoms with Gasteiger partial charge in [-0.25, -0.2) is 4.79 Å². The zero-order chi connectivity index (χ0) is 13.0. The number of para-hydroxylation sites is 1. The Morgan fingerprint density at radius 2 is 2.06 bits per heavy atom. The molecule has 0 aliphatic heterocycles. The van der Waals surface area contributed by atoms with Crippen molar-refractivity contribution in [2.24, 2.45) is 0 Å². The maximum Gasteiger partial charge on any atom is 0.342 e. The largest absolute Gasteiger partial charge is 0.490 e. The second-order valence-corrected chi connectivity index (χ2v) is 3.57. The average Bonchev–Trinajstić information content (AvgIpc) is 2.26. The Morgan fingerprint density at radius 3 is 2.53 bits per heavy atom. The van der Waals surface area contributed by atoms with Gasteiger partial charge in [-0.05, 0) is 19.9 Å². The van der Waals surface area contributed by atoms with E-state index in [9.17, 15) is 14.9 Å². The van der Waals surface area contributed by atoms with Gasteiger partial charge < -0.3 is 9.47 Å². The van der Waals surface area contributed by atoms with Crippen LogP contribution in [0.3, 0.4) is 0 Å². The molecule has 1 aromatic rings. The van der Waals surface area contributed by atoms with Gasteiger partial charge in [0.05, 0.1) is 18.1 Å². The van der Waals surface area contributed by atoms with Crippen molar-refractivity contribution in [3.8, 4) is 5.75 Å². The van der Waals surface area contributed by atoms with Crippen molar-refractivity contribution in [2.45, 2.75) is 20.0 Å². The van der Waals surface area contributed by atoms with Crippen molar-refractivity contribution in [1.82, 2.24) is 0 Å². The number of carbonyl (C=O) groups excluding carboxylic acids is 1. The lowest BCUT2D eigenvalue weighted by molar-refractivity contribution is -0.385. The second kappa shape index (κ2) is 5.29. The Bertz CT molecular complexity index is 441. The molecule has 0 saturated heterocycles. The third-order valence-electron chi connectivity index (χ3n) is 1.96. The van der Waals surface area contributed by atoms with Crippen LogP contribution in [-0.2, 0) is 4.74 Å². The summed E-state index contributed by atoms with van der Waals surface area (Å²) >= 11 is 0. The molecule has 0 aromatic heterocycles. The van der Waals surface area contributed by atoms with Gasteiger partial charge in [-0.1, -0.05) is 6.07 Å². The highest BCUT2D eigenvalue weighted by atomic mass is 16.6. The molecule has 0 saturated carbocycles. The molecular weight excluding hydrogens is 226 g/mol. The van der Waals surface area contributed by atoms with E-state index in [4.69, 9.17) is 9.47 Å². The van der Waals surface area contributed by atoms with Crippen LogP contribution < -0.4 is 4.74 Å². The minimum Gasteiger partial charge on any atom is -0.490 e. The summed E-state index contributed by atoms with van der Waals surface area (Å²) in [5.41, 5.74) is -0.207. The highest BCUT2D eigenvalue weighted by Crippen LogP contribution is 2.31. The summed E-state index contributed by atoms with van der Waals surface area (Å²) in [7, 11) is 1.27. The number of esters is 1. The first-order valence-electron chi connectivity index (χ1n) is 4.99. The smallest absolute Gasteiger partial charge is 0.342 e. The molecule has 6 heteroatoms. The van der Waals surface area contributed by atoms with Crippen LogP contribution in [0.25, 0.3) is 0 Å². The summed E-state index contributed by atoms with van der Waals surface area (Å²) in [6.45, 7) is 3.39. The van der Waals surface area contributed by atoms with Gasteiger partial charge in [0, 0.05) is 6.07 Å². The van der Waals surface area contributed by atoms with E-state index in [0.717, 1.165) is 0 Å². The standard InChI is InChI=1S/C11H13NO5/c1-7(2)17-11(13)8-5-4-6-9(12(14)15)10(8)16-3/h4-7H,1-3H3. The van der Waals surface area contributed by atoms with Gasteiger partial charge in [-0.2, -0.15) is 0 Å². The summed E-state index contributed by atoms with van der Waals surface area (Å²) < 4.78 is 9.87. The number of hydrogen-bond acceptors (Lipinski definition) is 5. The predicted octanol–water partition coefficient (Wildman–Crippen LogP) is 2.17. The van der Waals surface area contributed by atoms with Crippen LogP contribution in [0.5, 0.6) is 5.75 Å². The molecule has 0 aliphatic carbocycles. The second-order valence-electron chi connectivity index (χ2n) is 3.57. The van der Waals surface area contributed by atoms with E-state index in [-0.39, 0.29) is 23.1 Å². The lowest BCUT2D eigenvalue weighted by Crippen LogP contribution is -2.13. The van der Waals surface area contributed by atoms with Crippen molar-refractivity contribution >= 4 is 11.7 Å². The summed E-state index contributed by atoms with van der Waals surface area (Å²) in [6, 6.07) is 4.11. The molecule has 0 N–H and O–H groups in total. The number of nitro benzene ring substituents is 1. The third-order valence-corrected chi connectivity index (χ3v) is 1.96. The van der Waals surface area contributed by atoms with Crippen LogP contribution in [0.1, 0.15) is 24.2 Å². The van der Waals surface area contributed by atoms with Gasteiger partial charge in [0.1, 0.15) is 5.56 Å². The predicted molar refractivity (Wildman–Crippen MR) is 60.2 cm³/mol. The third kappa shape index (κ3) is 2.93. The summed E-state index contributed by atoms with van der Waals surface area (Å²) in [5, 5.41) is 10.8. The van der Waals surface area contributed by atoms with Crippen LogP contribution in [0.4, 0.5) is 5.69 Å². The van der Waals surface area contributed by atoms with E-state index in [1.807, 2.05) is 0 Å². The molecular formula is C11H13NO5. The number of carbonyl (C=O) groups is 1. The van der Waals surface area contributed by atoms with Crippen LogP contribution in [-0.4, -0.2) is 24.1 Å². The molecule has 17 heavy (non-hydrogen) atoms. The molecule has 92 valence electrons. The maximum atomic E-state index is 11.7. The highest BCUT2D eigenvalue weighted by Gasteiger charge is 2.23. The Kier molecular flexibility index (Phi) is 4.03. The zero-order valence-corrected chi connectivity index (χ0v) is 9.80. The molecule has 6 nitrogen and oxygen atoms in total. The summed E-state index contributed by atoms with van der Waals surface area (Å²) in [6.07, 6.45) is -0.300. The van der Waals surface area contributed by atoms with Crippen molar-refractivity contribution in [2.75, 3.05) is 7.11 Å². The molecule has 0 atom stereocenters. The van der Waals surface area contributed by atoms with E-state index in [0.29, 0.717) is 0 Å². The molecule has 0 unspecified atom stereocenters. The van der Waals surface area contributed by atoms with Gasteiger partial charge in [0.2, 0.25) is 5.75 Å². The number of benzene rings is 1. The molecule has 0 aliphatic rings. The lowest BCUT2D eigenvalue weighted by Gasteiger charge is -2.10. The molecule has 0 heterocycles. The Balaban J connectivity index is 3.20. The Morgan fingerprint density at radius 1 is 1.41 bits per heavy atom. The zero-order valence-electron chi connectivity index (χ0n) is 9.80. The van der Waals surface area contributed by atoms with Crippen LogP contribution in [0.2, 0.25) is 0 Å². The molecule has 0 bridgehead atoms.